The number of aromatic nitrogens is 2. The summed E-state index contributed by atoms with van der Waals surface area (Å²) in [5, 5.41) is 0. The van der Waals surface area contributed by atoms with Crippen LogP contribution in [0.15, 0.2) is 67.3 Å². The minimum atomic E-state index is 0.0197. The van der Waals surface area contributed by atoms with Crippen molar-refractivity contribution in [1.82, 2.24) is 14.9 Å². The lowest BCUT2D eigenvalue weighted by molar-refractivity contribution is 0.0773. The number of carbonyl (C=O) groups excluding carboxylic acids is 1. The van der Waals surface area contributed by atoms with Gasteiger partial charge in [-0.25, -0.2) is 0 Å². The molecule has 4 nitrogen and oxygen atoms in total. The number of benzene rings is 1. The SMILES string of the molecule is CCN(CC)C(=O)c1cnccc1-c1ccc(-c2ccncc2)cc1. The molecule has 0 radical (unpaired) electrons. The van der Waals surface area contributed by atoms with Gasteiger partial charge in [-0.2, -0.15) is 0 Å². The first-order valence-electron chi connectivity index (χ1n) is 8.48. The predicted octanol–water partition coefficient (Wildman–Crippen LogP) is 4.29. The summed E-state index contributed by atoms with van der Waals surface area (Å²) in [6, 6.07) is 14.1. The van der Waals surface area contributed by atoms with Crippen LogP contribution in [-0.2, 0) is 0 Å². The third-order valence-electron chi connectivity index (χ3n) is 4.31. The molecule has 0 aliphatic carbocycles. The summed E-state index contributed by atoms with van der Waals surface area (Å²) in [7, 11) is 0. The largest absolute Gasteiger partial charge is 0.339 e. The van der Waals surface area contributed by atoms with Gasteiger partial charge < -0.3 is 4.90 Å². The lowest BCUT2D eigenvalue weighted by atomic mass is 9.98. The van der Waals surface area contributed by atoms with Gasteiger partial charge in [-0.15, -0.1) is 0 Å². The van der Waals surface area contributed by atoms with E-state index < -0.39 is 0 Å². The molecule has 1 aromatic carbocycles. The fourth-order valence-corrected chi connectivity index (χ4v) is 2.88. The smallest absolute Gasteiger partial charge is 0.256 e. The molecule has 1 amide bonds. The Labute approximate surface area is 148 Å². The second-order valence-electron chi connectivity index (χ2n) is 5.71. The van der Waals surface area contributed by atoms with E-state index >= 15 is 0 Å². The molecule has 3 rings (SSSR count). The molecule has 2 aromatic heterocycles. The first kappa shape index (κ1) is 16.8. The van der Waals surface area contributed by atoms with E-state index in [1.807, 2.05) is 49.1 Å². The number of carbonyl (C=O) groups is 1. The van der Waals surface area contributed by atoms with E-state index in [0.717, 1.165) is 22.3 Å². The molecule has 0 fully saturated rings. The molecule has 0 unspecified atom stereocenters. The van der Waals surface area contributed by atoms with Crippen molar-refractivity contribution in [2.45, 2.75) is 13.8 Å². The second-order valence-corrected chi connectivity index (χ2v) is 5.71. The van der Waals surface area contributed by atoms with Crippen LogP contribution in [0.25, 0.3) is 22.3 Å². The minimum absolute atomic E-state index is 0.0197. The van der Waals surface area contributed by atoms with Gasteiger partial charge in [-0.05, 0) is 54.3 Å². The van der Waals surface area contributed by atoms with Crippen molar-refractivity contribution in [1.29, 1.82) is 0 Å². The van der Waals surface area contributed by atoms with E-state index in [4.69, 9.17) is 0 Å². The summed E-state index contributed by atoms with van der Waals surface area (Å²) in [6.07, 6.45) is 6.96. The van der Waals surface area contributed by atoms with Gasteiger partial charge in [-0.3, -0.25) is 14.8 Å². The summed E-state index contributed by atoms with van der Waals surface area (Å²) in [5.41, 5.74) is 4.80. The zero-order chi connectivity index (χ0) is 17.6. The van der Waals surface area contributed by atoms with Gasteiger partial charge in [0, 0.05) is 37.9 Å². The maximum absolute atomic E-state index is 12.8. The molecule has 0 saturated heterocycles. The van der Waals surface area contributed by atoms with Gasteiger partial charge in [0.2, 0.25) is 0 Å². The highest BCUT2D eigenvalue weighted by Gasteiger charge is 2.17. The van der Waals surface area contributed by atoms with Gasteiger partial charge >= 0.3 is 0 Å². The zero-order valence-electron chi connectivity index (χ0n) is 14.5. The van der Waals surface area contributed by atoms with Gasteiger partial charge in [0.1, 0.15) is 0 Å². The standard InChI is InChI=1S/C21H21N3O/c1-3-24(4-2)21(25)20-15-23-14-11-19(20)18-7-5-16(6-8-18)17-9-12-22-13-10-17/h5-15H,3-4H2,1-2H3. The maximum Gasteiger partial charge on any atom is 0.256 e. The Morgan fingerprint density at radius 1 is 0.800 bits per heavy atom. The van der Waals surface area contributed by atoms with Crippen LogP contribution in [0.4, 0.5) is 0 Å². The maximum atomic E-state index is 12.8. The van der Waals surface area contributed by atoms with Crippen molar-refractivity contribution < 1.29 is 4.79 Å². The van der Waals surface area contributed by atoms with Crippen LogP contribution < -0.4 is 0 Å². The minimum Gasteiger partial charge on any atom is -0.339 e. The Morgan fingerprint density at radius 3 is 2.00 bits per heavy atom. The lowest BCUT2D eigenvalue weighted by Gasteiger charge is -2.20. The number of rotatable bonds is 5. The van der Waals surface area contributed by atoms with Crippen LogP contribution in [0.3, 0.4) is 0 Å². The number of nitrogens with zero attached hydrogens (tertiary/aromatic N) is 3. The number of hydrogen-bond acceptors (Lipinski definition) is 3. The van der Waals surface area contributed by atoms with E-state index in [1.54, 1.807) is 24.8 Å². The summed E-state index contributed by atoms with van der Waals surface area (Å²) < 4.78 is 0. The van der Waals surface area contributed by atoms with Crippen LogP contribution in [0, 0.1) is 0 Å². The lowest BCUT2D eigenvalue weighted by Crippen LogP contribution is -2.30. The molecule has 126 valence electrons. The second kappa shape index (κ2) is 7.71. The number of hydrogen-bond donors (Lipinski definition) is 0. The molecule has 25 heavy (non-hydrogen) atoms. The van der Waals surface area contributed by atoms with E-state index in [1.165, 1.54) is 0 Å². The molecule has 0 N–H and O–H groups in total. The molecule has 0 aliphatic heterocycles. The van der Waals surface area contributed by atoms with Crippen LogP contribution >= 0.6 is 0 Å². The predicted molar refractivity (Wildman–Crippen MR) is 100 cm³/mol. The monoisotopic (exact) mass is 331 g/mol. The third-order valence-corrected chi connectivity index (χ3v) is 4.31. The van der Waals surface area contributed by atoms with E-state index in [2.05, 4.69) is 22.1 Å². The molecule has 3 aromatic rings. The van der Waals surface area contributed by atoms with Crippen LogP contribution in [0.1, 0.15) is 24.2 Å². The summed E-state index contributed by atoms with van der Waals surface area (Å²) in [6.45, 7) is 5.34. The first-order valence-corrected chi connectivity index (χ1v) is 8.48. The van der Waals surface area contributed by atoms with Gasteiger partial charge in [0.05, 0.1) is 5.56 Å². The Balaban J connectivity index is 1.96. The van der Waals surface area contributed by atoms with Gasteiger partial charge in [-0.1, -0.05) is 24.3 Å². The van der Waals surface area contributed by atoms with Crippen LogP contribution in [-0.4, -0.2) is 33.9 Å². The Bertz CT molecular complexity index is 841. The van der Waals surface area contributed by atoms with Crippen molar-refractivity contribution in [2.75, 3.05) is 13.1 Å². The molecular weight excluding hydrogens is 310 g/mol. The molecule has 4 heteroatoms. The van der Waals surface area contributed by atoms with Crippen molar-refractivity contribution in [3.8, 4) is 22.3 Å². The van der Waals surface area contributed by atoms with Crippen molar-refractivity contribution in [3.63, 3.8) is 0 Å². The molecule has 0 saturated carbocycles. The van der Waals surface area contributed by atoms with Gasteiger partial charge in [0.25, 0.3) is 5.91 Å². The number of amides is 1. The fraction of sp³-hybridized carbons (Fsp3) is 0.190. The normalized spacial score (nSPS) is 10.5. The van der Waals surface area contributed by atoms with Crippen molar-refractivity contribution in [3.05, 3.63) is 72.8 Å². The average molecular weight is 331 g/mol. The topological polar surface area (TPSA) is 46.1 Å². The van der Waals surface area contributed by atoms with E-state index in [0.29, 0.717) is 18.7 Å². The molecule has 0 bridgehead atoms. The summed E-state index contributed by atoms with van der Waals surface area (Å²) >= 11 is 0. The zero-order valence-corrected chi connectivity index (χ0v) is 14.5. The molecule has 0 aliphatic rings. The molecular formula is C21H21N3O. The Hall–Kier alpha value is -3.01. The fourth-order valence-electron chi connectivity index (χ4n) is 2.88. The van der Waals surface area contributed by atoms with E-state index in [-0.39, 0.29) is 5.91 Å². The highest BCUT2D eigenvalue weighted by molar-refractivity contribution is 6.00. The Kier molecular flexibility index (Phi) is 5.19. The highest BCUT2D eigenvalue weighted by Crippen LogP contribution is 2.27. The quantitative estimate of drug-likeness (QED) is 0.700. The average Bonchev–Trinajstić information content (AvgIpc) is 2.69. The molecule has 0 spiro atoms. The van der Waals surface area contributed by atoms with Crippen LogP contribution in [0.5, 0.6) is 0 Å². The summed E-state index contributed by atoms with van der Waals surface area (Å²) in [4.78, 5) is 22.8. The van der Waals surface area contributed by atoms with Crippen molar-refractivity contribution >= 4 is 5.91 Å². The molecule has 2 heterocycles. The summed E-state index contributed by atoms with van der Waals surface area (Å²) in [5.74, 6) is 0.0197. The number of pyridine rings is 2. The van der Waals surface area contributed by atoms with Gasteiger partial charge in [0.15, 0.2) is 0 Å². The van der Waals surface area contributed by atoms with Crippen LogP contribution in [0.2, 0.25) is 0 Å². The van der Waals surface area contributed by atoms with Crippen molar-refractivity contribution in [2.24, 2.45) is 0 Å². The Morgan fingerprint density at radius 2 is 1.36 bits per heavy atom. The molecule has 0 atom stereocenters. The third kappa shape index (κ3) is 3.58. The first-order chi connectivity index (χ1) is 12.2. The highest BCUT2D eigenvalue weighted by atomic mass is 16.2. The van der Waals surface area contributed by atoms with E-state index in [9.17, 15) is 4.79 Å².